The van der Waals surface area contributed by atoms with E-state index in [1.807, 2.05) is 0 Å². The van der Waals surface area contributed by atoms with Crippen molar-refractivity contribution < 1.29 is 0 Å². The van der Waals surface area contributed by atoms with Crippen LogP contribution in [0.2, 0.25) is 0 Å². The van der Waals surface area contributed by atoms with Gasteiger partial charge in [-0.2, -0.15) is 0 Å². The van der Waals surface area contributed by atoms with Crippen molar-refractivity contribution >= 4 is 0 Å². The Balaban J connectivity index is 0.000000768. The summed E-state index contributed by atoms with van der Waals surface area (Å²) in [5, 5.41) is 0. The van der Waals surface area contributed by atoms with E-state index in [0.29, 0.717) is 16.2 Å². The quantitative estimate of drug-likeness (QED) is 0.144. The standard InChI is InChI=1S/9C7H14.10C6H12.4C5H10.C4H8/c1-5-6(2)7(5,3)4;1-7(2)5-3-4-6-7;1-6-4-3-5-7(6)2;1-4-7-5(2)6(7)3;1-3-7-4-6(2)5-7;1-3-7-5-4-6(7)2;1-3-4-7-5-6(7)2;1-3-6-5-7(6)4-2;1-2-4-7-5-3-6-7;1-5-4-6(5,2)3;1-5-3-6(2)4-5;1-6(2)4-3-5-6;1-5-3-4-6(5)2;1-4-5(2)6(4)3;1-3-6(2)4-5-6;2*1-3-6-4-5(6)2;1-2-6-4-3-5-6;1-2-3-6-4-5-6;1-5(2)3-4-5;1-4-3-5(4)2;1-5-3-2-4-5;1-2-5-3-4-5;1-4-2-3-4/h5-6H,1-4H3;3-6H2,1-2H3;6-7H,3-5H2,1-2H3;5-7H,4H2,1-3H3;4*6-7H,3-5H2,1-2H3;7H,2-6H2,1H3;5H,4H2,1-3H3;5-6H,3-4H2,1-2H3;3-5H2,1-2H3;5-6H,3-4H2,1-2H3;4-6H,1-3H3;3-5H2,1-2H3;2*5-6H,3-4H2,1-2H3;2*6H,2-5H2,1H3;3-4H2,1-2H3;4-5H,3H2,1-2H3;2*5H,2-4H2,1H3;4H,2-3H2,1H3. The third kappa shape index (κ3) is 74.9. The van der Waals surface area contributed by atoms with E-state index in [2.05, 4.69) is 325 Å². The highest BCUT2D eigenvalue weighted by atomic mass is 14.6. The fraction of sp³-hybridized carbons (Fsp3) is 1.00. The van der Waals surface area contributed by atoms with Crippen LogP contribution in [0.25, 0.3) is 0 Å². The summed E-state index contributed by atoms with van der Waals surface area (Å²) in [7, 11) is 0. The lowest BCUT2D eigenvalue weighted by Crippen LogP contribution is -2.21. The highest BCUT2D eigenvalue weighted by Crippen LogP contribution is 2.58. The van der Waals surface area contributed by atoms with E-state index in [0.717, 1.165) is 223 Å². The Morgan fingerprint density at radius 3 is 0.524 bits per heavy atom. The fourth-order valence-electron chi connectivity index (χ4n) is 22.7. The SMILES string of the molecule is CC1(C)CC1.CC1(C)CCC1.CC1(C)CCCC1.CC1C(C)C1(C)C.CC1C(C)C1C.CC1CC(C)C1.CC1CC1.CC1CC1(C)C.CC1CC1C.CC1CCC1.CC1CCC1C.CC1CCCC1C.CCC1(C)CC1.CCC1C(C)C1C.CCC1CC(C)C1.CCC1CC1.CCC1CC1C.CCC1CC1C.CCC1CC1CC.CCC1CCC1.CCC1CCC1C.CCCC1CC1.CCCC1CC1C.CCCC1CCC1. The van der Waals surface area contributed by atoms with Crippen molar-refractivity contribution in [3.05, 3.63) is 0 Å². The van der Waals surface area contributed by atoms with Crippen LogP contribution in [0.1, 0.15) is 704 Å². The summed E-state index contributed by atoms with van der Waals surface area (Å²) in [6.45, 7) is 109. The molecule has 24 aliphatic rings. The summed E-state index contributed by atoms with van der Waals surface area (Å²) in [6, 6.07) is 0. The zero-order chi connectivity index (χ0) is 112. The molecule has 0 heterocycles. The highest BCUT2D eigenvalue weighted by molar-refractivity contribution is 4.99. The summed E-state index contributed by atoms with van der Waals surface area (Å²) in [4.78, 5) is 0. The molecule has 0 aromatic carbocycles. The molecule has 21 atom stereocenters. The maximum atomic E-state index is 2.36. The minimum Gasteiger partial charge on any atom is -0.0654 e. The van der Waals surface area contributed by atoms with Gasteiger partial charge in [0.05, 0.1) is 0 Å². The Bertz CT molecular complexity index is 2820. The van der Waals surface area contributed by atoms with Crippen LogP contribution in [0.5, 0.6) is 0 Å². The van der Waals surface area contributed by atoms with Gasteiger partial charge >= 0.3 is 0 Å². The van der Waals surface area contributed by atoms with Crippen LogP contribution in [0.15, 0.2) is 0 Å². The molecule has 24 aliphatic carbocycles. The topological polar surface area (TPSA) is 0 Å². The van der Waals surface area contributed by atoms with Gasteiger partial charge in [0.1, 0.15) is 0 Å². The average molecular weight is 2060 g/mol. The largest absolute Gasteiger partial charge is 0.0654 e. The van der Waals surface area contributed by atoms with Gasteiger partial charge in [-0.15, -0.1) is 0 Å². The lowest BCUT2D eigenvalue weighted by molar-refractivity contribution is 0.190. The summed E-state index contributed by atoms with van der Waals surface area (Å²) >= 11 is 0. The van der Waals surface area contributed by atoms with E-state index >= 15 is 0 Å². The minimum absolute atomic E-state index is 0.667. The molecule has 0 aromatic heterocycles. The van der Waals surface area contributed by atoms with Gasteiger partial charge in [0.15, 0.2) is 0 Å². The second kappa shape index (κ2) is 76.7. The zero-order valence-electron chi connectivity index (χ0n) is 112. The Morgan fingerprint density at radius 2 is 0.476 bits per heavy atom. The number of rotatable bonds is 16. The van der Waals surface area contributed by atoms with E-state index in [1.54, 1.807) is 0 Å². The second-order valence-corrected chi connectivity index (χ2v) is 62.1. The van der Waals surface area contributed by atoms with Gasteiger partial charge < -0.3 is 0 Å². The van der Waals surface area contributed by atoms with Gasteiger partial charge in [-0.3, -0.25) is 0 Å². The van der Waals surface area contributed by atoms with E-state index < -0.39 is 0 Å². The van der Waals surface area contributed by atoms with Gasteiger partial charge in [-0.25, -0.2) is 0 Å². The molecule has 0 aromatic rings. The van der Waals surface area contributed by atoms with E-state index in [4.69, 9.17) is 0 Å². The zero-order valence-corrected chi connectivity index (χ0v) is 112. The molecule has 24 rings (SSSR count). The summed E-state index contributed by atoms with van der Waals surface area (Å²) < 4.78 is 0. The van der Waals surface area contributed by atoms with Crippen LogP contribution in [-0.2, 0) is 0 Å². The van der Waals surface area contributed by atoms with E-state index in [9.17, 15) is 0 Å². The molecule has 0 nitrogen and oxygen atoms in total. The molecular weight excluding hydrogens is 1770 g/mol. The molecule has 21 unspecified atom stereocenters. The summed E-state index contributed by atoms with van der Waals surface area (Å²) in [5.74, 6) is 37.1. The third-order valence-corrected chi connectivity index (χ3v) is 44.9. The average Bonchev–Trinajstić information content (AvgIpc) is 1.60. The molecule has 882 valence electrons. The normalized spacial score (nSPS) is 36.7. The Labute approximate surface area is 937 Å². The van der Waals surface area contributed by atoms with Gasteiger partial charge in [-0.05, 0) is 362 Å². The Kier molecular flexibility index (Phi) is 75.7. The third-order valence-electron chi connectivity index (χ3n) is 44.9. The maximum Gasteiger partial charge on any atom is -0.0297 e. The monoisotopic (exact) mass is 2060 g/mol. The first-order valence-electron chi connectivity index (χ1n) is 68.9. The van der Waals surface area contributed by atoms with Crippen molar-refractivity contribution in [2.75, 3.05) is 0 Å². The maximum absolute atomic E-state index is 2.36. The van der Waals surface area contributed by atoms with E-state index in [1.165, 1.54) is 379 Å². The molecule has 0 N–H and O–H groups in total. The van der Waals surface area contributed by atoms with Crippen molar-refractivity contribution in [1.29, 1.82) is 0 Å². The molecule has 24 saturated carbocycles. The Hall–Kier alpha value is 0. The molecule has 0 saturated heterocycles. The van der Waals surface area contributed by atoms with Crippen molar-refractivity contribution in [2.45, 2.75) is 704 Å². The van der Waals surface area contributed by atoms with Crippen LogP contribution in [-0.4, -0.2) is 0 Å². The summed E-state index contributed by atoms with van der Waals surface area (Å²) in [6.07, 6.45) is 86.5. The molecule has 24 fully saturated rings. The van der Waals surface area contributed by atoms with Crippen LogP contribution in [0.4, 0.5) is 0 Å². The Morgan fingerprint density at radius 1 is 0.197 bits per heavy atom. The van der Waals surface area contributed by atoms with Crippen molar-refractivity contribution in [3.8, 4) is 0 Å². The van der Waals surface area contributed by atoms with Crippen LogP contribution < -0.4 is 0 Å². The number of hydrogen-bond acceptors (Lipinski definition) is 0. The molecule has 0 spiro atoms. The molecule has 0 heteroatoms. The van der Waals surface area contributed by atoms with Crippen molar-refractivity contribution in [1.82, 2.24) is 0 Å². The molecular formula is C147H294. The van der Waals surface area contributed by atoms with Crippen LogP contribution >= 0.6 is 0 Å². The second-order valence-electron chi connectivity index (χ2n) is 62.1. The molecule has 0 bridgehead atoms. The first kappa shape index (κ1) is 145. The molecule has 147 heavy (non-hydrogen) atoms. The molecule has 0 amide bonds. The summed E-state index contributed by atoms with van der Waals surface area (Å²) in [5.41, 5.74) is 4.33. The van der Waals surface area contributed by atoms with Gasteiger partial charge in [0.25, 0.3) is 0 Å². The van der Waals surface area contributed by atoms with Gasteiger partial charge in [-0.1, -0.05) is 582 Å². The smallest absolute Gasteiger partial charge is 0.0297 e. The van der Waals surface area contributed by atoms with Crippen LogP contribution in [0.3, 0.4) is 0 Å². The predicted molar refractivity (Wildman–Crippen MR) is 676 cm³/mol. The fourth-order valence-corrected chi connectivity index (χ4v) is 22.7. The van der Waals surface area contributed by atoms with Crippen molar-refractivity contribution in [3.63, 3.8) is 0 Å². The molecule has 0 aliphatic heterocycles. The lowest BCUT2D eigenvalue weighted by atomic mass is 9.72. The lowest BCUT2D eigenvalue weighted by Gasteiger charge is -2.33. The van der Waals surface area contributed by atoms with Crippen LogP contribution in [0, 0.1) is 240 Å². The first-order chi connectivity index (χ1) is 68.9. The van der Waals surface area contributed by atoms with Gasteiger partial charge in [0.2, 0.25) is 0 Å². The highest BCUT2D eigenvalue weighted by Gasteiger charge is 2.51. The van der Waals surface area contributed by atoms with E-state index in [-0.39, 0.29) is 0 Å². The molecule has 0 radical (unpaired) electrons. The minimum atomic E-state index is 0.667. The predicted octanol–water partition coefficient (Wildman–Crippen LogP) is 51.4. The van der Waals surface area contributed by atoms with Crippen molar-refractivity contribution in [2.24, 2.45) is 240 Å². The van der Waals surface area contributed by atoms with Gasteiger partial charge in [0, 0.05) is 0 Å². The number of hydrogen-bond donors (Lipinski definition) is 0. The first-order valence-corrected chi connectivity index (χ1v) is 68.9.